The molecule has 0 radical (unpaired) electrons. The highest BCUT2D eigenvalue weighted by atomic mass is 32.2. The maximum Gasteiger partial charge on any atom is 0.224 e. The number of carbonyl (C=O) groups is 1. The maximum absolute atomic E-state index is 12.1. The number of thioether (sulfide) groups is 1. The summed E-state index contributed by atoms with van der Waals surface area (Å²) in [7, 11) is 2.03. The van der Waals surface area contributed by atoms with Crippen LogP contribution in [-0.2, 0) is 11.3 Å². The Bertz CT molecular complexity index is 567. The van der Waals surface area contributed by atoms with Crippen LogP contribution >= 0.6 is 11.8 Å². The van der Waals surface area contributed by atoms with Crippen molar-refractivity contribution in [2.24, 2.45) is 4.99 Å². The van der Waals surface area contributed by atoms with E-state index in [1.165, 1.54) is 10.5 Å². The number of aliphatic imine (C=N–C) groups is 1. The number of hydrogen-bond donors (Lipinski definition) is 1. The Morgan fingerprint density at radius 1 is 1.28 bits per heavy atom. The summed E-state index contributed by atoms with van der Waals surface area (Å²) < 4.78 is 0. The Hall–Kier alpha value is -1.69. The molecule has 1 N–H and O–H groups in total. The van der Waals surface area contributed by atoms with E-state index in [1.807, 2.05) is 11.9 Å². The molecule has 1 heterocycles. The van der Waals surface area contributed by atoms with Crippen LogP contribution in [0.2, 0.25) is 0 Å². The van der Waals surface area contributed by atoms with Gasteiger partial charge in [-0.1, -0.05) is 12.1 Å². The Morgan fingerprint density at radius 3 is 2.56 bits per heavy atom. The van der Waals surface area contributed by atoms with E-state index in [4.69, 9.17) is 0 Å². The molecule has 5 nitrogen and oxygen atoms in total. The molecule has 0 aromatic heterocycles. The van der Waals surface area contributed by atoms with Crippen LogP contribution in [0, 0.1) is 0 Å². The molecule has 1 fully saturated rings. The van der Waals surface area contributed by atoms with Gasteiger partial charge in [-0.2, -0.15) is 0 Å². The van der Waals surface area contributed by atoms with Crippen LogP contribution in [0.4, 0.5) is 0 Å². The van der Waals surface area contributed by atoms with Gasteiger partial charge in [0.2, 0.25) is 5.91 Å². The lowest BCUT2D eigenvalue weighted by atomic mass is 10.2. The summed E-state index contributed by atoms with van der Waals surface area (Å²) in [6.45, 7) is 6.03. The molecule has 0 spiro atoms. The molecular formula is C19H30N4OS. The fourth-order valence-corrected chi connectivity index (χ4v) is 3.34. The summed E-state index contributed by atoms with van der Waals surface area (Å²) in [6.07, 6.45) is 4.84. The lowest BCUT2D eigenvalue weighted by Crippen LogP contribution is -2.38. The van der Waals surface area contributed by atoms with Crippen LogP contribution in [0.3, 0.4) is 0 Å². The third-order valence-corrected chi connectivity index (χ3v) is 5.06. The van der Waals surface area contributed by atoms with E-state index in [-0.39, 0.29) is 5.91 Å². The number of nitrogens with zero attached hydrogens (tertiary/aromatic N) is 3. The van der Waals surface area contributed by atoms with Gasteiger partial charge in [0.15, 0.2) is 5.96 Å². The van der Waals surface area contributed by atoms with Gasteiger partial charge >= 0.3 is 0 Å². The number of amides is 1. The first kappa shape index (κ1) is 19.6. The highest BCUT2D eigenvalue weighted by Gasteiger charge is 2.17. The highest BCUT2D eigenvalue weighted by Crippen LogP contribution is 2.15. The zero-order valence-corrected chi connectivity index (χ0v) is 16.4. The van der Waals surface area contributed by atoms with Crippen LogP contribution in [0.5, 0.6) is 0 Å². The van der Waals surface area contributed by atoms with Crippen molar-refractivity contribution < 1.29 is 4.79 Å². The van der Waals surface area contributed by atoms with Crippen molar-refractivity contribution in [2.75, 3.05) is 39.5 Å². The van der Waals surface area contributed by atoms with Gasteiger partial charge in [0.05, 0.1) is 6.54 Å². The summed E-state index contributed by atoms with van der Waals surface area (Å²) in [5.41, 5.74) is 1.25. The number of carbonyl (C=O) groups excluding carboxylic acids is 1. The number of guanidine groups is 1. The Balaban J connectivity index is 1.89. The molecule has 1 aliphatic heterocycles. The van der Waals surface area contributed by atoms with E-state index in [1.54, 1.807) is 11.8 Å². The molecule has 25 heavy (non-hydrogen) atoms. The lowest BCUT2D eigenvalue weighted by molar-refractivity contribution is -0.129. The highest BCUT2D eigenvalue weighted by molar-refractivity contribution is 7.98. The normalized spacial score (nSPS) is 14.7. The molecule has 6 heteroatoms. The molecule has 2 rings (SSSR count). The van der Waals surface area contributed by atoms with Crippen molar-refractivity contribution in [3.63, 3.8) is 0 Å². The van der Waals surface area contributed by atoms with Crippen molar-refractivity contribution in [3.8, 4) is 0 Å². The van der Waals surface area contributed by atoms with Gasteiger partial charge in [0.25, 0.3) is 0 Å². The molecule has 0 atom stereocenters. The van der Waals surface area contributed by atoms with Crippen molar-refractivity contribution >= 4 is 23.6 Å². The van der Waals surface area contributed by atoms with Crippen LogP contribution in [0.1, 0.15) is 31.7 Å². The Kier molecular flexibility index (Phi) is 8.12. The van der Waals surface area contributed by atoms with Gasteiger partial charge in [-0.25, -0.2) is 0 Å². The molecule has 1 aliphatic rings. The maximum atomic E-state index is 12.1. The molecular weight excluding hydrogens is 332 g/mol. The predicted octanol–water partition coefficient (Wildman–Crippen LogP) is 2.82. The largest absolute Gasteiger partial charge is 0.357 e. The number of hydrogen-bond acceptors (Lipinski definition) is 3. The van der Waals surface area contributed by atoms with Crippen molar-refractivity contribution in [1.29, 1.82) is 0 Å². The third-order valence-electron chi connectivity index (χ3n) is 4.32. The first-order valence-electron chi connectivity index (χ1n) is 9.04. The molecule has 1 amide bonds. The summed E-state index contributed by atoms with van der Waals surface area (Å²) in [6, 6.07) is 8.60. The second kappa shape index (κ2) is 10.3. The van der Waals surface area contributed by atoms with Gasteiger partial charge in [-0.15, -0.1) is 11.8 Å². The number of nitrogens with one attached hydrogen (secondary N) is 1. The smallest absolute Gasteiger partial charge is 0.224 e. The minimum absolute atomic E-state index is 0.229. The first-order valence-corrected chi connectivity index (χ1v) is 10.3. The molecule has 1 saturated heterocycles. The van der Waals surface area contributed by atoms with Crippen molar-refractivity contribution in [3.05, 3.63) is 29.8 Å². The van der Waals surface area contributed by atoms with Gasteiger partial charge < -0.3 is 15.1 Å². The van der Waals surface area contributed by atoms with Crippen molar-refractivity contribution in [2.45, 2.75) is 37.6 Å². The van der Waals surface area contributed by atoms with E-state index < -0.39 is 0 Å². The summed E-state index contributed by atoms with van der Waals surface area (Å²) >= 11 is 1.75. The monoisotopic (exact) mass is 362 g/mol. The predicted molar refractivity (Wildman–Crippen MR) is 106 cm³/mol. The summed E-state index contributed by atoms with van der Waals surface area (Å²) in [4.78, 5) is 22.1. The van der Waals surface area contributed by atoms with Crippen molar-refractivity contribution in [1.82, 2.24) is 15.1 Å². The minimum Gasteiger partial charge on any atom is -0.357 e. The standard InChI is InChI=1S/C19H30N4OS/c1-4-20-19(21-12-11-18(24)23-13-5-6-14-23)22(2)15-16-7-9-17(25-3)10-8-16/h7-10H,4-6,11-15H2,1-3H3,(H,20,21). The van der Waals surface area contributed by atoms with E-state index in [9.17, 15) is 4.79 Å². The third kappa shape index (κ3) is 6.27. The molecule has 1 aromatic rings. The van der Waals surface area contributed by atoms with Crippen LogP contribution in [0.15, 0.2) is 34.2 Å². The van der Waals surface area contributed by atoms with Crippen LogP contribution in [0.25, 0.3) is 0 Å². The molecule has 0 bridgehead atoms. The Morgan fingerprint density at radius 2 is 1.96 bits per heavy atom. The van der Waals surface area contributed by atoms with Crippen LogP contribution < -0.4 is 5.32 Å². The first-order chi connectivity index (χ1) is 12.1. The minimum atomic E-state index is 0.229. The summed E-state index contributed by atoms with van der Waals surface area (Å²) in [5.74, 6) is 1.08. The van der Waals surface area contributed by atoms with E-state index in [0.29, 0.717) is 13.0 Å². The Labute approximate surface area is 155 Å². The summed E-state index contributed by atoms with van der Waals surface area (Å²) in [5, 5.41) is 3.32. The van der Waals surface area contributed by atoms with E-state index in [0.717, 1.165) is 45.0 Å². The SMILES string of the molecule is CCNC(=NCCC(=O)N1CCCC1)N(C)Cc1ccc(SC)cc1. The topological polar surface area (TPSA) is 47.9 Å². The fourth-order valence-electron chi connectivity index (χ4n) is 2.93. The molecule has 138 valence electrons. The number of benzene rings is 1. The quantitative estimate of drug-likeness (QED) is 0.460. The van der Waals surface area contributed by atoms with Crippen LogP contribution in [-0.4, -0.2) is 61.1 Å². The second-order valence-corrected chi connectivity index (χ2v) is 7.16. The zero-order chi connectivity index (χ0) is 18.1. The van der Waals surface area contributed by atoms with Gasteiger partial charge in [-0.05, 0) is 43.7 Å². The zero-order valence-electron chi connectivity index (χ0n) is 15.6. The molecule has 1 aromatic carbocycles. The van der Waals surface area contributed by atoms with Gasteiger partial charge in [0.1, 0.15) is 0 Å². The van der Waals surface area contributed by atoms with Gasteiger partial charge in [0, 0.05) is 44.5 Å². The molecule has 0 aliphatic carbocycles. The van der Waals surface area contributed by atoms with E-state index in [2.05, 4.69) is 52.7 Å². The molecule has 0 saturated carbocycles. The molecule has 0 unspecified atom stereocenters. The second-order valence-electron chi connectivity index (χ2n) is 6.28. The fraction of sp³-hybridized carbons (Fsp3) is 0.579. The number of likely N-dealkylation sites (tertiary alicyclic amines) is 1. The average molecular weight is 363 g/mol. The number of rotatable bonds is 7. The lowest BCUT2D eigenvalue weighted by Gasteiger charge is -2.22. The average Bonchev–Trinajstić information content (AvgIpc) is 3.16. The van der Waals surface area contributed by atoms with E-state index >= 15 is 0 Å². The van der Waals surface area contributed by atoms with Gasteiger partial charge in [-0.3, -0.25) is 9.79 Å².